The molecule has 0 aliphatic carbocycles. The predicted octanol–water partition coefficient (Wildman–Crippen LogP) is 6.09. The summed E-state index contributed by atoms with van der Waals surface area (Å²) in [6, 6.07) is 12.4. The highest BCUT2D eigenvalue weighted by atomic mass is 35.5. The first-order valence-corrected chi connectivity index (χ1v) is 10.8. The van der Waals surface area contributed by atoms with Gasteiger partial charge >= 0.3 is 0 Å². The molecule has 0 spiro atoms. The number of rotatable bonds is 5. The Bertz CT molecular complexity index is 842. The molecule has 3 nitrogen and oxygen atoms in total. The van der Waals surface area contributed by atoms with Gasteiger partial charge in [-0.15, -0.1) is 0 Å². The number of amides is 1. The van der Waals surface area contributed by atoms with Crippen LogP contribution in [0.2, 0.25) is 10.0 Å². The fourth-order valence-electron chi connectivity index (χ4n) is 2.64. The highest BCUT2D eigenvalue weighted by molar-refractivity contribution is 7.84. The van der Waals surface area contributed by atoms with Gasteiger partial charge in [-0.3, -0.25) is 9.00 Å². The van der Waals surface area contributed by atoms with E-state index in [0.717, 1.165) is 5.56 Å². The minimum absolute atomic E-state index is 0.0110. The zero-order valence-corrected chi connectivity index (χ0v) is 18.6. The number of anilines is 1. The first kappa shape index (κ1) is 21.9. The lowest BCUT2D eigenvalue weighted by Crippen LogP contribution is -2.44. The number of carbonyl (C=O) groups is 1. The van der Waals surface area contributed by atoms with Gasteiger partial charge in [0.15, 0.2) is 0 Å². The van der Waals surface area contributed by atoms with Gasteiger partial charge in [0.2, 0.25) is 5.91 Å². The van der Waals surface area contributed by atoms with Crippen molar-refractivity contribution in [1.82, 2.24) is 0 Å². The maximum Gasteiger partial charge on any atom is 0.232 e. The zero-order valence-electron chi connectivity index (χ0n) is 16.3. The molecule has 1 atom stereocenters. The van der Waals surface area contributed by atoms with E-state index >= 15 is 0 Å². The Kier molecular flexibility index (Phi) is 7.12. The van der Waals surface area contributed by atoms with Crippen LogP contribution in [0.4, 0.5) is 5.69 Å². The second-order valence-corrected chi connectivity index (χ2v) is 10.0. The molecule has 0 bridgehead atoms. The van der Waals surface area contributed by atoms with E-state index < -0.39 is 16.2 Å². The van der Waals surface area contributed by atoms with Crippen LogP contribution in [-0.2, 0) is 21.3 Å². The van der Waals surface area contributed by atoms with Crippen LogP contribution < -0.4 is 4.90 Å². The van der Waals surface area contributed by atoms with Crippen LogP contribution in [-0.4, -0.2) is 16.2 Å². The third-order valence-electron chi connectivity index (χ3n) is 4.02. The molecule has 0 aromatic heterocycles. The molecule has 0 radical (unpaired) electrons. The van der Waals surface area contributed by atoms with Crippen LogP contribution in [0.15, 0.2) is 47.4 Å². The topological polar surface area (TPSA) is 37.4 Å². The molecule has 1 unspecified atom stereocenters. The number of benzene rings is 2. The number of hydrogen-bond acceptors (Lipinski definition) is 2. The van der Waals surface area contributed by atoms with Gasteiger partial charge < -0.3 is 4.90 Å². The summed E-state index contributed by atoms with van der Waals surface area (Å²) in [4.78, 5) is 15.3. The maximum absolute atomic E-state index is 12.8. The minimum atomic E-state index is -1.20. The summed E-state index contributed by atoms with van der Waals surface area (Å²) >= 11 is 12.4. The molecule has 0 aliphatic rings. The van der Waals surface area contributed by atoms with Crippen molar-refractivity contribution in [3.8, 4) is 0 Å². The Morgan fingerprint density at radius 3 is 2.15 bits per heavy atom. The van der Waals surface area contributed by atoms with Crippen molar-refractivity contribution in [2.24, 2.45) is 5.41 Å². The monoisotopic (exact) mass is 425 g/mol. The highest BCUT2D eigenvalue weighted by Crippen LogP contribution is 2.32. The van der Waals surface area contributed by atoms with Crippen LogP contribution in [0.3, 0.4) is 0 Å². The van der Waals surface area contributed by atoms with Crippen LogP contribution >= 0.6 is 23.2 Å². The van der Waals surface area contributed by atoms with Crippen molar-refractivity contribution in [1.29, 1.82) is 0 Å². The fraction of sp³-hybridized carbons (Fsp3) is 0.381. The summed E-state index contributed by atoms with van der Waals surface area (Å²) in [5.41, 5.74) is 1.01. The number of nitrogens with zero attached hydrogens (tertiary/aromatic N) is 1. The Labute approximate surface area is 174 Å². The van der Waals surface area contributed by atoms with Crippen LogP contribution in [0, 0.1) is 5.41 Å². The number of halogens is 2. The molecule has 2 aromatic rings. The van der Waals surface area contributed by atoms with E-state index in [1.54, 1.807) is 35.2 Å². The molecular formula is C21H25Cl2NO2S. The lowest BCUT2D eigenvalue weighted by molar-refractivity contribution is -0.126. The van der Waals surface area contributed by atoms with E-state index in [1.807, 2.05) is 46.8 Å². The lowest BCUT2D eigenvalue weighted by Gasteiger charge is -2.33. The molecule has 0 aliphatic heterocycles. The molecule has 6 heteroatoms. The summed E-state index contributed by atoms with van der Waals surface area (Å²) in [6.07, 6.45) is 0. The average molecular weight is 426 g/mol. The molecule has 2 aromatic carbocycles. The Hall–Kier alpha value is -1.36. The van der Waals surface area contributed by atoms with E-state index in [-0.39, 0.29) is 11.9 Å². The van der Waals surface area contributed by atoms with E-state index in [2.05, 4.69) is 0 Å². The Balaban J connectivity index is 2.27. The van der Waals surface area contributed by atoms with Crippen LogP contribution in [0.5, 0.6) is 0 Å². The SMILES string of the molecule is CC(C)N(C(=O)C(C)(C)C)c1ccc(CS(=O)c2ccc(Cl)cc2)cc1Cl. The smallest absolute Gasteiger partial charge is 0.232 e. The largest absolute Gasteiger partial charge is 0.308 e. The van der Waals surface area contributed by atoms with Crippen molar-refractivity contribution < 1.29 is 9.00 Å². The van der Waals surface area contributed by atoms with Crippen LogP contribution in [0.25, 0.3) is 0 Å². The molecule has 27 heavy (non-hydrogen) atoms. The normalized spacial score (nSPS) is 12.9. The molecule has 1 amide bonds. The predicted molar refractivity (Wildman–Crippen MR) is 115 cm³/mol. The quantitative estimate of drug-likeness (QED) is 0.580. The first-order valence-electron chi connectivity index (χ1n) is 8.76. The van der Waals surface area contributed by atoms with E-state index in [0.29, 0.717) is 26.4 Å². The third-order valence-corrected chi connectivity index (χ3v) is 5.97. The third kappa shape index (κ3) is 5.56. The summed E-state index contributed by atoms with van der Waals surface area (Å²) in [5.74, 6) is 0.355. The van der Waals surface area contributed by atoms with Gasteiger partial charge in [0, 0.05) is 21.4 Å². The van der Waals surface area contributed by atoms with Gasteiger partial charge in [-0.1, -0.05) is 50.0 Å². The highest BCUT2D eigenvalue weighted by Gasteiger charge is 2.31. The lowest BCUT2D eigenvalue weighted by atomic mass is 9.93. The van der Waals surface area contributed by atoms with Crippen molar-refractivity contribution in [3.63, 3.8) is 0 Å². The molecule has 0 saturated carbocycles. The van der Waals surface area contributed by atoms with Gasteiger partial charge in [0.05, 0.1) is 27.3 Å². The fourth-order valence-corrected chi connectivity index (χ4v) is 4.15. The van der Waals surface area contributed by atoms with Crippen molar-refractivity contribution >= 4 is 45.6 Å². The first-order chi connectivity index (χ1) is 12.5. The van der Waals surface area contributed by atoms with Gasteiger partial charge in [-0.05, 0) is 55.8 Å². The molecule has 0 N–H and O–H groups in total. The summed E-state index contributed by atoms with van der Waals surface area (Å²) in [5, 5.41) is 1.09. The van der Waals surface area contributed by atoms with Gasteiger partial charge in [-0.2, -0.15) is 0 Å². The Morgan fingerprint density at radius 1 is 1.07 bits per heavy atom. The summed E-state index contributed by atoms with van der Waals surface area (Å²) < 4.78 is 12.6. The maximum atomic E-state index is 12.8. The van der Waals surface area contributed by atoms with Gasteiger partial charge in [0.1, 0.15) is 0 Å². The Morgan fingerprint density at radius 2 is 1.67 bits per heavy atom. The van der Waals surface area contributed by atoms with Gasteiger partial charge in [-0.25, -0.2) is 0 Å². The molecule has 0 saturated heterocycles. The molecule has 146 valence electrons. The summed E-state index contributed by atoms with van der Waals surface area (Å²) in [7, 11) is -1.20. The number of hydrogen-bond donors (Lipinski definition) is 0. The molecule has 0 fully saturated rings. The van der Waals surface area contributed by atoms with E-state index in [9.17, 15) is 9.00 Å². The van der Waals surface area contributed by atoms with E-state index in [4.69, 9.17) is 23.2 Å². The minimum Gasteiger partial charge on any atom is -0.308 e. The van der Waals surface area contributed by atoms with Gasteiger partial charge in [0.25, 0.3) is 0 Å². The molecule has 2 rings (SSSR count). The zero-order chi connectivity index (χ0) is 20.4. The average Bonchev–Trinajstić information content (AvgIpc) is 2.56. The van der Waals surface area contributed by atoms with Crippen molar-refractivity contribution in [2.75, 3.05) is 4.90 Å². The second-order valence-electron chi connectivity index (χ2n) is 7.75. The number of carbonyl (C=O) groups excluding carboxylic acids is 1. The second kappa shape index (κ2) is 8.76. The van der Waals surface area contributed by atoms with Crippen molar-refractivity contribution in [3.05, 3.63) is 58.1 Å². The van der Waals surface area contributed by atoms with Crippen LogP contribution in [0.1, 0.15) is 40.2 Å². The summed E-state index contributed by atoms with van der Waals surface area (Å²) in [6.45, 7) is 9.60. The van der Waals surface area contributed by atoms with Crippen molar-refractivity contribution in [2.45, 2.75) is 51.3 Å². The standard InChI is InChI=1S/C21H25Cl2NO2S/c1-14(2)24(20(25)21(3,4)5)19-11-6-15(12-18(19)23)13-27(26)17-9-7-16(22)8-10-17/h6-12,14H,13H2,1-5H3. The molecular weight excluding hydrogens is 401 g/mol. The molecule has 0 heterocycles. The van der Waals surface area contributed by atoms with E-state index in [1.165, 1.54) is 0 Å².